The van der Waals surface area contributed by atoms with E-state index in [1.54, 1.807) is 24.7 Å². The molecule has 2 aliphatic rings. The zero-order chi connectivity index (χ0) is 22.7. The molecule has 2 unspecified atom stereocenters. The second-order valence-corrected chi connectivity index (χ2v) is 8.35. The molecule has 9 nitrogen and oxygen atoms in total. The zero-order valence-corrected chi connectivity index (χ0v) is 18.0. The molecule has 0 saturated carbocycles. The fourth-order valence-corrected chi connectivity index (χ4v) is 4.35. The topological polar surface area (TPSA) is 103 Å². The molecule has 166 valence electrons. The van der Waals surface area contributed by atoms with E-state index in [9.17, 15) is 14.7 Å². The van der Waals surface area contributed by atoms with Crippen molar-refractivity contribution in [3.05, 3.63) is 36.8 Å². The van der Waals surface area contributed by atoms with E-state index in [1.165, 1.54) is 0 Å². The summed E-state index contributed by atoms with van der Waals surface area (Å²) in [6, 6.07) is 5.68. The van der Waals surface area contributed by atoms with Gasteiger partial charge < -0.3 is 14.9 Å². The smallest absolute Gasteiger partial charge is 0.323 e. The third-order valence-corrected chi connectivity index (χ3v) is 6.24. The molecule has 0 spiro atoms. The molecule has 2 saturated heterocycles. The van der Waals surface area contributed by atoms with Crippen molar-refractivity contribution in [2.75, 3.05) is 44.2 Å². The molecule has 0 bridgehead atoms. The van der Waals surface area contributed by atoms with Gasteiger partial charge in [0.2, 0.25) is 5.91 Å². The van der Waals surface area contributed by atoms with Gasteiger partial charge in [0, 0.05) is 62.9 Å². The number of carbonyl (C=O) groups is 2. The van der Waals surface area contributed by atoms with Crippen LogP contribution in [0.3, 0.4) is 0 Å². The first-order valence-electron chi connectivity index (χ1n) is 10.6. The normalized spacial score (nSPS) is 23.7. The second-order valence-electron chi connectivity index (χ2n) is 8.35. The van der Waals surface area contributed by atoms with Gasteiger partial charge in [-0.05, 0) is 31.5 Å². The van der Waals surface area contributed by atoms with E-state index in [1.807, 2.05) is 28.9 Å². The van der Waals surface area contributed by atoms with Crippen LogP contribution < -0.4 is 4.90 Å². The molecule has 0 radical (unpaired) electrons. The van der Waals surface area contributed by atoms with Crippen molar-refractivity contribution in [1.82, 2.24) is 24.8 Å². The lowest BCUT2D eigenvalue weighted by molar-refractivity contribution is -0.145. The third-order valence-electron chi connectivity index (χ3n) is 6.24. The summed E-state index contributed by atoms with van der Waals surface area (Å²) in [6.45, 7) is 4.85. The van der Waals surface area contributed by atoms with Crippen molar-refractivity contribution in [2.24, 2.45) is 5.41 Å². The SMILES string of the molecule is C#CC1(C(=O)O)CCN(CC(=O)N2CCN(c3ccc(-c4ncccn4)cn3)CC2C)C1. The maximum Gasteiger partial charge on any atom is 0.323 e. The van der Waals surface area contributed by atoms with Gasteiger partial charge in [-0.25, -0.2) is 15.0 Å². The number of carboxylic acid groups (broad SMARTS) is 1. The van der Waals surface area contributed by atoms with Crippen molar-refractivity contribution in [2.45, 2.75) is 19.4 Å². The first-order chi connectivity index (χ1) is 15.4. The minimum atomic E-state index is -1.19. The van der Waals surface area contributed by atoms with Crippen LogP contribution >= 0.6 is 0 Å². The van der Waals surface area contributed by atoms with Crippen LogP contribution in [-0.2, 0) is 9.59 Å². The van der Waals surface area contributed by atoms with E-state index >= 15 is 0 Å². The molecule has 0 aromatic carbocycles. The number of terminal acetylenes is 1. The number of aliphatic carboxylic acids is 1. The van der Waals surface area contributed by atoms with Gasteiger partial charge in [0.05, 0.1) is 6.54 Å². The van der Waals surface area contributed by atoms with Crippen molar-refractivity contribution in [3.8, 4) is 23.7 Å². The van der Waals surface area contributed by atoms with Crippen LogP contribution in [0.4, 0.5) is 5.82 Å². The monoisotopic (exact) mass is 434 g/mol. The lowest BCUT2D eigenvalue weighted by Gasteiger charge is -2.41. The van der Waals surface area contributed by atoms with Crippen molar-refractivity contribution in [1.29, 1.82) is 0 Å². The number of carboxylic acids is 1. The summed E-state index contributed by atoms with van der Waals surface area (Å²) in [5.74, 6) is 2.91. The van der Waals surface area contributed by atoms with Crippen LogP contribution in [-0.4, -0.2) is 87.0 Å². The lowest BCUT2D eigenvalue weighted by Crippen LogP contribution is -2.56. The number of amides is 1. The number of carbonyl (C=O) groups excluding carboxylic acids is 1. The van der Waals surface area contributed by atoms with E-state index in [4.69, 9.17) is 6.42 Å². The first kappa shape index (κ1) is 21.7. The van der Waals surface area contributed by atoms with Crippen LogP contribution in [0, 0.1) is 17.8 Å². The summed E-state index contributed by atoms with van der Waals surface area (Å²) >= 11 is 0. The molecule has 2 fully saturated rings. The molecule has 1 amide bonds. The van der Waals surface area contributed by atoms with E-state index in [-0.39, 0.29) is 25.0 Å². The highest BCUT2D eigenvalue weighted by Crippen LogP contribution is 2.30. The Hall–Kier alpha value is -3.51. The van der Waals surface area contributed by atoms with Crippen LogP contribution in [0.2, 0.25) is 0 Å². The van der Waals surface area contributed by atoms with Gasteiger partial charge in [0.1, 0.15) is 11.2 Å². The van der Waals surface area contributed by atoms with Gasteiger partial charge in [0.15, 0.2) is 5.82 Å². The number of aromatic nitrogens is 3. The largest absolute Gasteiger partial charge is 0.480 e. The Balaban J connectivity index is 1.34. The Morgan fingerprint density at radius 3 is 2.59 bits per heavy atom. The Morgan fingerprint density at radius 1 is 1.22 bits per heavy atom. The minimum absolute atomic E-state index is 0.0000984. The Labute approximate surface area is 187 Å². The number of hydrogen-bond donors (Lipinski definition) is 1. The molecule has 2 aromatic rings. The quantitative estimate of drug-likeness (QED) is 0.695. The predicted octanol–water partition coefficient (Wildman–Crippen LogP) is 0.986. The highest BCUT2D eigenvalue weighted by atomic mass is 16.4. The molecule has 32 heavy (non-hydrogen) atoms. The van der Waals surface area contributed by atoms with Crippen LogP contribution in [0.25, 0.3) is 11.4 Å². The van der Waals surface area contributed by atoms with Gasteiger partial charge in [-0.15, -0.1) is 6.42 Å². The average Bonchev–Trinajstić information content (AvgIpc) is 3.24. The summed E-state index contributed by atoms with van der Waals surface area (Å²) < 4.78 is 0. The number of piperazine rings is 1. The molecule has 2 aromatic heterocycles. The third kappa shape index (κ3) is 4.27. The minimum Gasteiger partial charge on any atom is -0.480 e. The van der Waals surface area contributed by atoms with Crippen LogP contribution in [0.5, 0.6) is 0 Å². The standard InChI is InChI=1S/C23H26N6O3/c1-3-23(22(31)32)7-10-27(16-23)15-20(30)29-12-11-28(14-17(29)2)19-6-5-18(13-26-19)21-24-8-4-9-25-21/h1,4-6,8-9,13,17H,7,10-12,14-16H2,2H3,(H,31,32). The van der Waals surface area contributed by atoms with E-state index in [2.05, 4.69) is 25.8 Å². The summed E-state index contributed by atoms with van der Waals surface area (Å²) in [5.41, 5.74) is -0.334. The van der Waals surface area contributed by atoms with E-state index in [0.29, 0.717) is 38.4 Å². The van der Waals surface area contributed by atoms with Crippen LogP contribution in [0.15, 0.2) is 36.8 Å². The van der Waals surface area contributed by atoms with Gasteiger partial charge in [-0.2, -0.15) is 0 Å². The fraction of sp³-hybridized carbons (Fsp3) is 0.435. The van der Waals surface area contributed by atoms with Gasteiger partial charge in [-0.1, -0.05) is 5.92 Å². The maximum absolute atomic E-state index is 12.9. The number of nitrogens with zero attached hydrogens (tertiary/aromatic N) is 6. The maximum atomic E-state index is 12.9. The van der Waals surface area contributed by atoms with Crippen molar-refractivity contribution in [3.63, 3.8) is 0 Å². The fourth-order valence-electron chi connectivity index (χ4n) is 4.35. The Morgan fingerprint density at radius 2 is 2.00 bits per heavy atom. The number of rotatable bonds is 5. The van der Waals surface area contributed by atoms with E-state index < -0.39 is 11.4 Å². The highest BCUT2D eigenvalue weighted by molar-refractivity contribution is 5.81. The molecule has 9 heteroatoms. The Bertz CT molecular complexity index is 1020. The van der Waals surface area contributed by atoms with Crippen molar-refractivity contribution >= 4 is 17.7 Å². The predicted molar refractivity (Wildman–Crippen MR) is 119 cm³/mol. The number of likely N-dealkylation sites (tertiary alicyclic amines) is 1. The number of anilines is 1. The summed E-state index contributed by atoms with van der Waals surface area (Å²) in [5, 5.41) is 9.44. The molecular formula is C23H26N6O3. The van der Waals surface area contributed by atoms with Gasteiger partial charge in [0.25, 0.3) is 0 Å². The molecular weight excluding hydrogens is 408 g/mol. The number of pyridine rings is 1. The summed E-state index contributed by atoms with van der Waals surface area (Å²) in [7, 11) is 0. The lowest BCUT2D eigenvalue weighted by atomic mass is 9.89. The zero-order valence-electron chi connectivity index (χ0n) is 18.0. The molecule has 4 rings (SSSR count). The van der Waals surface area contributed by atoms with Gasteiger partial charge in [-0.3, -0.25) is 14.5 Å². The molecule has 1 N–H and O–H groups in total. The highest BCUT2D eigenvalue weighted by Gasteiger charge is 2.44. The van der Waals surface area contributed by atoms with E-state index in [0.717, 1.165) is 11.4 Å². The molecule has 2 atom stereocenters. The second kappa shape index (κ2) is 8.93. The van der Waals surface area contributed by atoms with Crippen LogP contribution in [0.1, 0.15) is 13.3 Å². The first-order valence-corrected chi connectivity index (χ1v) is 10.6. The average molecular weight is 435 g/mol. The molecule has 2 aliphatic heterocycles. The molecule has 0 aliphatic carbocycles. The molecule has 4 heterocycles. The summed E-state index contributed by atoms with van der Waals surface area (Å²) in [4.78, 5) is 43.4. The summed E-state index contributed by atoms with van der Waals surface area (Å²) in [6.07, 6.45) is 11.0. The number of hydrogen-bond acceptors (Lipinski definition) is 7. The Kier molecular flexibility index (Phi) is 6.06. The van der Waals surface area contributed by atoms with Gasteiger partial charge >= 0.3 is 5.97 Å². The van der Waals surface area contributed by atoms with Crippen molar-refractivity contribution < 1.29 is 14.7 Å².